The second-order valence-electron chi connectivity index (χ2n) is 6.08. The van der Waals surface area contributed by atoms with Gasteiger partial charge in [0.1, 0.15) is 5.02 Å². The Hall–Kier alpha value is -2.67. The van der Waals surface area contributed by atoms with Crippen LogP contribution in [0.25, 0.3) is 0 Å². The molecule has 4 rings (SSSR count). The van der Waals surface area contributed by atoms with Gasteiger partial charge >= 0.3 is 0 Å². The van der Waals surface area contributed by atoms with E-state index in [4.69, 9.17) is 11.6 Å². The van der Waals surface area contributed by atoms with E-state index in [1.54, 1.807) is 12.4 Å². The molecule has 0 radical (unpaired) electrons. The van der Waals surface area contributed by atoms with Gasteiger partial charge in [0.05, 0.1) is 42.7 Å². The first-order valence-corrected chi connectivity index (χ1v) is 8.43. The SMILES string of the molecule is Cc1ncccc1Cn1cnc2c1CN(c1cn[nH]c(=O)c1Cl)CC2. The highest BCUT2D eigenvalue weighted by atomic mass is 35.5. The maximum atomic E-state index is 11.7. The molecule has 128 valence electrons. The zero-order valence-corrected chi connectivity index (χ0v) is 14.5. The fourth-order valence-corrected chi connectivity index (χ4v) is 3.36. The summed E-state index contributed by atoms with van der Waals surface area (Å²) in [7, 11) is 0. The Morgan fingerprint density at radius 2 is 2.24 bits per heavy atom. The Bertz CT molecular complexity index is 979. The topological polar surface area (TPSA) is 79.7 Å². The maximum absolute atomic E-state index is 11.7. The van der Waals surface area contributed by atoms with Crippen molar-refractivity contribution >= 4 is 17.3 Å². The van der Waals surface area contributed by atoms with Crippen LogP contribution in [0.3, 0.4) is 0 Å². The first kappa shape index (κ1) is 15.8. The number of aromatic nitrogens is 5. The number of fused-ring (bicyclic) bond motifs is 1. The standard InChI is InChI=1S/C17H17ClN6O/c1-11-12(3-2-5-19-11)8-24-10-20-13-4-6-23(9-15(13)24)14-7-21-22-17(25)16(14)18/h2-3,5,7,10H,4,6,8-9H2,1H3,(H,22,25). The zero-order chi connectivity index (χ0) is 17.4. The molecule has 1 N–H and O–H groups in total. The van der Waals surface area contributed by atoms with Crippen molar-refractivity contribution in [2.75, 3.05) is 11.4 Å². The number of pyridine rings is 1. The molecule has 1 aliphatic heterocycles. The Morgan fingerprint density at radius 1 is 1.36 bits per heavy atom. The Balaban J connectivity index is 1.65. The van der Waals surface area contributed by atoms with Crippen molar-refractivity contribution in [2.45, 2.75) is 26.4 Å². The molecule has 0 atom stereocenters. The summed E-state index contributed by atoms with van der Waals surface area (Å²) in [4.78, 5) is 22.7. The number of halogens is 1. The normalized spacial score (nSPS) is 13.8. The van der Waals surface area contributed by atoms with Crippen molar-refractivity contribution in [3.63, 3.8) is 0 Å². The lowest BCUT2D eigenvalue weighted by molar-refractivity contribution is 0.653. The van der Waals surface area contributed by atoms with Gasteiger partial charge in [0, 0.05) is 24.9 Å². The summed E-state index contributed by atoms with van der Waals surface area (Å²) in [6.45, 7) is 4.12. The van der Waals surface area contributed by atoms with Crippen molar-refractivity contribution in [3.05, 3.63) is 68.9 Å². The van der Waals surface area contributed by atoms with Crippen LogP contribution in [0.4, 0.5) is 5.69 Å². The van der Waals surface area contributed by atoms with Crippen molar-refractivity contribution in [1.82, 2.24) is 24.7 Å². The summed E-state index contributed by atoms with van der Waals surface area (Å²) in [5.74, 6) is 0. The van der Waals surface area contributed by atoms with E-state index < -0.39 is 0 Å². The van der Waals surface area contributed by atoms with Crippen molar-refractivity contribution in [3.8, 4) is 0 Å². The summed E-state index contributed by atoms with van der Waals surface area (Å²) in [5, 5.41) is 6.40. The molecular formula is C17H17ClN6O. The summed E-state index contributed by atoms with van der Waals surface area (Å²) < 4.78 is 2.14. The molecule has 3 aromatic heterocycles. The minimum atomic E-state index is -0.371. The fraction of sp³-hybridized carbons (Fsp3) is 0.294. The number of nitrogens with one attached hydrogen (secondary N) is 1. The van der Waals surface area contributed by atoms with E-state index in [-0.39, 0.29) is 10.6 Å². The van der Waals surface area contributed by atoms with Gasteiger partial charge in [-0.15, -0.1) is 0 Å². The average Bonchev–Trinajstić information content (AvgIpc) is 3.01. The van der Waals surface area contributed by atoms with Gasteiger partial charge < -0.3 is 9.47 Å². The fourth-order valence-electron chi connectivity index (χ4n) is 3.15. The van der Waals surface area contributed by atoms with E-state index in [9.17, 15) is 4.79 Å². The third-order valence-corrected chi connectivity index (χ3v) is 4.93. The molecule has 0 spiro atoms. The van der Waals surface area contributed by atoms with Crippen molar-refractivity contribution < 1.29 is 0 Å². The molecule has 25 heavy (non-hydrogen) atoms. The number of aromatic amines is 1. The lowest BCUT2D eigenvalue weighted by Gasteiger charge is -2.29. The predicted octanol–water partition coefficient (Wildman–Crippen LogP) is 1.93. The van der Waals surface area contributed by atoms with E-state index in [2.05, 4.69) is 35.7 Å². The number of hydrogen-bond donors (Lipinski definition) is 1. The molecule has 4 heterocycles. The number of aryl methyl sites for hydroxylation is 1. The monoisotopic (exact) mass is 356 g/mol. The molecule has 0 aliphatic carbocycles. The van der Waals surface area contributed by atoms with Crippen LogP contribution in [-0.4, -0.2) is 31.3 Å². The van der Waals surface area contributed by atoms with Crippen LogP contribution < -0.4 is 10.5 Å². The number of anilines is 1. The largest absolute Gasteiger partial charge is 0.363 e. The Labute approximate surface area is 149 Å². The first-order valence-electron chi connectivity index (χ1n) is 8.05. The lowest BCUT2D eigenvalue weighted by Crippen LogP contribution is -2.33. The van der Waals surface area contributed by atoms with Gasteiger partial charge in [-0.25, -0.2) is 10.1 Å². The van der Waals surface area contributed by atoms with Crippen LogP contribution in [0.5, 0.6) is 0 Å². The van der Waals surface area contributed by atoms with Crippen LogP contribution in [0.1, 0.15) is 22.6 Å². The van der Waals surface area contributed by atoms with Gasteiger partial charge in [-0.2, -0.15) is 5.10 Å². The number of imidazole rings is 1. The van der Waals surface area contributed by atoms with E-state index in [0.717, 1.165) is 42.2 Å². The summed E-state index contributed by atoms with van der Waals surface area (Å²) in [6.07, 6.45) is 6.07. The highest BCUT2D eigenvalue weighted by Crippen LogP contribution is 2.27. The number of H-pyrrole nitrogens is 1. The molecule has 7 nitrogen and oxygen atoms in total. The maximum Gasteiger partial charge on any atom is 0.285 e. The third-order valence-electron chi connectivity index (χ3n) is 4.57. The Kier molecular flexibility index (Phi) is 4.01. The van der Waals surface area contributed by atoms with E-state index in [1.165, 1.54) is 0 Å². The smallest absolute Gasteiger partial charge is 0.285 e. The molecule has 3 aromatic rings. The van der Waals surface area contributed by atoms with Gasteiger partial charge in [-0.05, 0) is 18.6 Å². The molecule has 0 fully saturated rings. The lowest BCUT2D eigenvalue weighted by atomic mass is 10.1. The molecular weight excluding hydrogens is 340 g/mol. The number of nitrogens with zero attached hydrogens (tertiary/aromatic N) is 5. The highest BCUT2D eigenvalue weighted by molar-refractivity contribution is 6.32. The minimum Gasteiger partial charge on any atom is -0.363 e. The van der Waals surface area contributed by atoms with Gasteiger partial charge in [0.2, 0.25) is 0 Å². The van der Waals surface area contributed by atoms with E-state index in [0.29, 0.717) is 12.2 Å². The quantitative estimate of drug-likeness (QED) is 0.775. The van der Waals surface area contributed by atoms with Crippen molar-refractivity contribution in [1.29, 1.82) is 0 Å². The highest BCUT2D eigenvalue weighted by Gasteiger charge is 2.23. The molecule has 0 amide bonds. The number of hydrogen-bond acceptors (Lipinski definition) is 5. The number of rotatable bonds is 3. The molecule has 0 saturated heterocycles. The predicted molar refractivity (Wildman–Crippen MR) is 94.9 cm³/mol. The molecule has 0 saturated carbocycles. The molecule has 0 bridgehead atoms. The molecule has 8 heteroatoms. The third kappa shape index (κ3) is 2.91. The average molecular weight is 357 g/mol. The zero-order valence-electron chi connectivity index (χ0n) is 13.7. The van der Waals surface area contributed by atoms with Crippen LogP contribution in [0.15, 0.2) is 35.6 Å². The minimum absolute atomic E-state index is 0.174. The summed E-state index contributed by atoms with van der Waals surface area (Å²) in [5.41, 5.74) is 4.68. The van der Waals surface area contributed by atoms with Crippen LogP contribution in [0, 0.1) is 6.92 Å². The Morgan fingerprint density at radius 3 is 3.08 bits per heavy atom. The molecule has 0 aromatic carbocycles. The van der Waals surface area contributed by atoms with Crippen LogP contribution in [0.2, 0.25) is 5.02 Å². The van der Waals surface area contributed by atoms with Crippen LogP contribution in [-0.2, 0) is 19.5 Å². The van der Waals surface area contributed by atoms with Crippen molar-refractivity contribution in [2.24, 2.45) is 0 Å². The molecule has 0 unspecified atom stereocenters. The molecule has 1 aliphatic rings. The second-order valence-corrected chi connectivity index (χ2v) is 6.46. The van der Waals surface area contributed by atoms with Gasteiger partial charge in [0.15, 0.2) is 0 Å². The van der Waals surface area contributed by atoms with E-state index >= 15 is 0 Å². The van der Waals surface area contributed by atoms with Crippen LogP contribution >= 0.6 is 11.6 Å². The van der Waals surface area contributed by atoms with E-state index in [1.807, 2.05) is 19.3 Å². The summed E-state index contributed by atoms with van der Waals surface area (Å²) in [6, 6.07) is 4.02. The van der Waals surface area contributed by atoms with Gasteiger partial charge in [-0.1, -0.05) is 17.7 Å². The van der Waals surface area contributed by atoms with Gasteiger partial charge in [0.25, 0.3) is 5.56 Å². The van der Waals surface area contributed by atoms with Gasteiger partial charge in [-0.3, -0.25) is 9.78 Å². The first-order chi connectivity index (χ1) is 12.1. The second kappa shape index (κ2) is 6.33. The summed E-state index contributed by atoms with van der Waals surface area (Å²) >= 11 is 6.16.